The van der Waals surface area contributed by atoms with Crippen LogP contribution >= 0.6 is 0 Å². The van der Waals surface area contributed by atoms with Gasteiger partial charge in [-0.2, -0.15) is 5.10 Å². The van der Waals surface area contributed by atoms with Crippen LogP contribution in [0.15, 0.2) is 67.1 Å². The first kappa shape index (κ1) is 20.1. The molecule has 1 aliphatic rings. The standard InChI is InChI=1S/C25H24N4O3/c1-31-22-6-4-17(5-7-22)24-21(14-27-28-24)16-29-9-10-32-25-20(15-29)11-19(12-23(25)30)18-3-2-8-26-13-18/h2-8,11-14,30H,9-10,15-16H2,1H3,(H,27,28). The summed E-state index contributed by atoms with van der Waals surface area (Å²) in [7, 11) is 1.66. The molecule has 0 amide bonds. The summed E-state index contributed by atoms with van der Waals surface area (Å²) in [5.74, 6) is 1.54. The lowest BCUT2D eigenvalue weighted by atomic mass is 10.0. The first-order valence-corrected chi connectivity index (χ1v) is 10.5. The number of nitrogens with one attached hydrogen (secondary N) is 1. The van der Waals surface area contributed by atoms with E-state index in [4.69, 9.17) is 9.47 Å². The molecule has 0 fully saturated rings. The summed E-state index contributed by atoms with van der Waals surface area (Å²) < 4.78 is 11.2. The van der Waals surface area contributed by atoms with Crippen LogP contribution in [0, 0.1) is 0 Å². The van der Waals surface area contributed by atoms with Crippen LogP contribution in [-0.4, -0.2) is 45.4 Å². The minimum Gasteiger partial charge on any atom is -0.504 e. The van der Waals surface area contributed by atoms with Crippen molar-refractivity contribution in [1.29, 1.82) is 0 Å². The predicted octanol–water partition coefficient (Wildman–Crippen LogP) is 4.25. The van der Waals surface area contributed by atoms with Gasteiger partial charge in [-0.3, -0.25) is 15.0 Å². The van der Waals surface area contributed by atoms with E-state index in [1.54, 1.807) is 25.6 Å². The van der Waals surface area contributed by atoms with Crippen LogP contribution in [0.25, 0.3) is 22.4 Å². The summed E-state index contributed by atoms with van der Waals surface area (Å²) in [5.41, 5.74) is 5.98. The highest BCUT2D eigenvalue weighted by Gasteiger charge is 2.21. The second-order valence-electron chi connectivity index (χ2n) is 7.78. The van der Waals surface area contributed by atoms with Crippen molar-refractivity contribution in [2.24, 2.45) is 0 Å². The molecule has 2 N–H and O–H groups in total. The maximum absolute atomic E-state index is 10.6. The molecular weight excluding hydrogens is 404 g/mol. The van der Waals surface area contributed by atoms with Gasteiger partial charge in [0.1, 0.15) is 12.4 Å². The van der Waals surface area contributed by atoms with Crippen LogP contribution in [0.5, 0.6) is 17.2 Å². The second kappa shape index (κ2) is 8.72. The Morgan fingerprint density at radius 1 is 1.09 bits per heavy atom. The topological polar surface area (TPSA) is 83.5 Å². The van der Waals surface area contributed by atoms with Gasteiger partial charge in [0.15, 0.2) is 11.5 Å². The van der Waals surface area contributed by atoms with Gasteiger partial charge < -0.3 is 14.6 Å². The molecular formula is C25H24N4O3. The highest BCUT2D eigenvalue weighted by atomic mass is 16.5. The molecule has 4 aromatic rings. The van der Waals surface area contributed by atoms with E-state index in [0.717, 1.165) is 45.8 Å². The Hall–Kier alpha value is -3.84. The van der Waals surface area contributed by atoms with Crippen molar-refractivity contribution in [3.8, 4) is 39.6 Å². The third-order valence-electron chi connectivity index (χ3n) is 5.68. The van der Waals surface area contributed by atoms with E-state index in [0.29, 0.717) is 25.4 Å². The smallest absolute Gasteiger partial charge is 0.165 e. The number of rotatable bonds is 5. The van der Waals surface area contributed by atoms with Crippen molar-refractivity contribution in [3.63, 3.8) is 0 Å². The molecule has 0 spiro atoms. The van der Waals surface area contributed by atoms with Crippen molar-refractivity contribution >= 4 is 0 Å². The van der Waals surface area contributed by atoms with E-state index in [1.165, 1.54) is 0 Å². The fraction of sp³-hybridized carbons (Fsp3) is 0.200. The number of ether oxygens (including phenoxy) is 2. The molecule has 0 aliphatic carbocycles. The minimum absolute atomic E-state index is 0.158. The van der Waals surface area contributed by atoms with E-state index in [2.05, 4.69) is 26.1 Å². The molecule has 0 unspecified atom stereocenters. The summed E-state index contributed by atoms with van der Waals surface area (Å²) in [6, 6.07) is 15.6. The van der Waals surface area contributed by atoms with Gasteiger partial charge in [0, 0.05) is 54.3 Å². The molecule has 0 radical (unpaired) electrons. The number of pyridine rings is 1. The zero-order valence-corrected chi connectivity index (χ0v) is 17.8. The molecule has 0 bridgehead atoms. The monoisotopic (exact) mass is 428 g/mol. The van der Waals surface area contributed by atoms with Crippen molar-refractivity contribution in [2.75, 3.05) is 20.3 Å². The van der Waals surface area contributed by atoms with Gasteiger partial charge in [0.05, 0.1) is 19.0 Å². The molecule has 0 saturated carbocycles. The van der Waals surface area contributed by atoms with Gasteiger partial charge in [-0.1, -0.05) is 6.07 Å². The number of H-pyrrole nitrogens is 1. The van der Waals surface area contributed by atoms with Crippen molar-refractivity contribution in [3.05, 3.63) is 78.2 Å². The third-order valence-corrected chi connectivity index (χ3v) is 5.68. The first-order chi connectivity index (χ1) is 15.7. The molecule has 162 valence electrons. The highest BCUT2D eigenvalue weighted by Crippen LogP contribution is 2.38. The maximum atomic E-state index is 10.6. The zero-order valence-electron chi connectivity index (χ0n) is 17.8. The first-order valence-electron chi connectivity index (χ1n) is 10.5. The number of aromatic nitrogens is 3. The number of phenols is 1. The molecule has 2 aromatic carbocycles. The molecule has 7 nitrogen and oxygen atoms in total. The lowest BCUT2D eigenvalue weighted by molar-refractivity contribution is 0.217. The number of nitrogens with zero attached hydrogens (tertiary/aromatic N) is 3. The quantitative estimate of drug-likeness (QED) is 0.495. The number of aromatic amines is 1. The molecule has 3 heterocycles. The van der Waals surface area contributed by atoms with Crippen LogP contribution < -0.4 is 9.47 Å². The molecule has 2 aromatic heterocycles. The summed E-state index contributed by atoms with van der Waals surface area (Å²) in [4.78, 5) is 6.50. The van der Waals surface area contributed by atoms with E-state index < -0.39 is 0 Å². The second-order valence-corrected chi connectivity index (χ2v) is 7.78. The number of aromatic hydroxyl groups is 1. The Kier molecular flexibility index (Phi) is 5.47. The Bertz CT molecular complexity index is 1210. The fourth-order valence-electron chi connectivity index (χ4n) is 4.07. The van der Waals surface area contributed by atoms with Crippen LogP contribution in [0.2, 0.25) is 0 Å². The van der Waals surface area contributed by atoms with Gasteiger partial charge in [0.2, 0.25) is 0 Å². The van der Waals surface area contributed by atoms with Gasteiger partial charge in [-0.15, -0.1) is 0 Å². The van der Waals surface area contributed by atoms with Gasteiger partial charge >= 0.3 is 0 Å². The largest absolute Gasteiger partial charge is 0.504 e. The van der Waals surface area contributed by atoms with Gasteiger partial charge in [-0.05, 0) is 48.0 Å². The highest BCUT2D eigenvalue weighted by molar-refractivity contribution is 5.68. The molecule has 0 atom stereocenters. The summed E-state index contributed by atoms with van der Waals surface area (Å²) in [6.07, 6.45) is 5.40. The van der Waals surface area contributed by atoms with Crippen molar-refractivity contribution in [1.82, 2.24) is 20.1 Å². The van der Waals surface area contributed by atoms with E-state index >= 15 is 0 Å². The molecule has 5 rings (SSSR count). The van der Waals surface area contributed by atoms with Crippen LogP contribution in [-0.2, 0) is 13.1 Å². The molecule has 0 saturated heterocycles. The van der Waals surface area contributed by atoms with E-state index in [9.17, 15) is 5.11 Å². The lowest BCUT2D eigenvalue weighted by Crippen LogP contribution is -2.25. The van der Waals surface area contributed by atoms with Gasteiger partial charge in [-0.25, -0.2) is 0 Å². The van der Waals surface area contributed by atoms with Gasteiger partial charge in [0.25, 0.3) is 0 Å². The Labute approximate surface area is 186 Å². The number of hydrogen-bond donors (Lipinski definition) is 2. The summed E-state index contributed by atoms with van der Waals surface area (Å²) in [6.45, 7) is 2.61. The predicted molar refractivity (Wildman–Crippen MR) is 122 cm³/mol. The van der Waals surface area contributed by atoms with Crippen molar-refractivity contribution < 1.29 is 14.6 Å². The lowest BCUT2D eigenvalue weighted by Gasteiger charge is -2.19. The molecule has 32 heavy (non-hydrogen) atoms. The van der Waals surface area contributed by atoms with Crippen LogP contribution in [0.4, 0.5) is 0 Å². The Morgan fingerprint density at radius 2 is 1.97 bits per heavy atom. The summed E-state index contributed by atoms with van der Waals surface area (Å²) in [5, 5.41) is 18.0. The van der Waals surface area contributed by atoms with Crippen molar-refractivity contribution in [2.45, 2.75) is 13.1 Å². The third kappa shape index (κ3) is 4.02. The molecule has 7 heteroatoms. The number of fused-ring (bicyclic) bond motifs is 1. The number of phenolic OH excluding ortho intramolecular Hbond substituents is 1. The maximum Gasteiger partial charge on any atom is 0.165 e. The summed E-state index contributed by atoms with van der Waals surface area (Å²) >= 11 is 0. The van der Waals surface area contributed by atoms with E-state index in [-0.39, 0.29) is 5.75 Å². The number of benzene rings is 2. The van der Waals surface area contributed by atoms with Crippen LogP contribution in [0.3, 0.4) is 0 Å². The Morgan fingerprint density at radius 3 is 2.75 bits per heavy atom. The average Bonchev–Trinajstić information content (AvgIpc) is 3.18. The minimum atomic E-state index is 0.158. The fourth-order valence-corrected chi connectivity index (χ4v) is 4.07. The van der Waals surface area contributed by atoms with Crippen LogP contribution in [0.1, 0.15) is 11.1 Å². The average molecular weight is 428 g/mol. The zero-order chi connectivity index (χ0) is 21.9. The molecule has 1 aliphatic heterocycles. The number of methoxy groups -OCH3 is 1. The SMILES string of the molecule is COc1ccc(-c2[nH]ncc2CN2CCOc3c(O)cc(-c4cccnc4)cc3C2)cc1. The van der Waals surface area contributed by atoms with E-state index in [1.807, 2.05) is 42.6 Å². The number of hydrogen-bond acceptors (Lipinski definition) is 6. The Balaban J connectivity index is 1.41. The normalized spacial score (nSPS) is 13.8.